The van der Waals surface area contributed by atoms with Crippen LogP contribution in [0.3, 0.4) is 0 Å². The fourth-order valence-electron chi connectivity index (χ4n) is 2.99. The van der Waals surface area contributed by atoms with Gasteiger partial charge in [0.2, 0.25) is 0 Å². The number of imidazole rings is 1. The van der Waals surface area contributed by atoms with Gasteiger partial charge in [0.25, 0.3) is 0 Å². The Kier molecular flexibility index (Phi) is 3.42. The van der Waals surface area contributed by atoms with Crippen LogP contribution in [0.5, 0.6) is 0 Å². The Hall–Kier alpha value is -1.56. The molecular weight excluding hydrogens is 244 g/mol. The zero-order valence-corrected chi connectivity index (χ0v) is 11.3. The Morgan fingerprint density at radius 2 is 2.26 bits per heavy atom. The number of nitrogens with one attached hydrogen (secondary N) is 1. The van der Waals surface area contributed by atoms with Gasteiger partial charge in [0, 0.05) is 19.0 Å². The van der Waals surface area contributed by atoms with Gasteiger partial charge in [-0.3, -0.25) is 0 Å². The van der Waals surface area contributed by atoms with E-state index >= 15 is 0 Å². The predicted octanol–water partition coefficient (Wildman–Crippen LogP) is 0.932. The van der Waals surface area contributed by atoms with Crippen LogP contribution in [0.1, 0.15) is 30.3 Å². The Bertz CT molecular complexity index is 465. The van der Waals surface area contributed by atoms with Gasteiger partial charge in [-0.05, 0) is 25.9 Å². The maximum Gasteiger partial charge on any atom is 0.409 e. The van der Waals surface area contributed by atoms with Crippen molar-refractivity contribution in [2.24, 2.45) is 0 Å². The first-order chi connectivity index (χ1) is 9.29. The normalized spacial score (nSPS) is 20.2. The molecule has 0 aromatic carbocycles. The minimum absolute atomic E-state index is 0.247. The first-order valence-corrected chi connectivity index (χ1v) is 6.88. The Morgan fingerprint density at radius 3 is 3.00 bits per heavy atom. The van der Waals surface area contributed by atoms with E-state index in [9.17, 15) is 4.79 Å². The summed E-state index contributed by atoms with van der Waals surface area (Å²) in [5.74, 6) is 0. The molecule has 1 fully saturated rings. The molecule has 0 saturated carbocycles. The van der Waals surface area contributed by atoms with Crippen LogP contribution in [0.25, 0.3) is 0 Å². The van der Waals surface area contributed by atoms with Crippen molar-refractivity contribution in [1.82, 2.24) is 19.8 Å². The molecule has 0 spiro atoms. The Balaban J connectivity index is 1.81. The van der Waals surface area contributed by atoms with Gasteiger partial charge in [-0.1, -0.05) is 0 Å². The van der Waals surface area contributed by atoms with Gasteiger partial charge in [0.15, 0.2) is 0 Å². The fourth-order valence-corrected chi connectivity index (χ4v) is 2.99. The molecule has 0 atom stereocenters. The molecule has 104 valence electrons. The number of carbonyl (C=O) groups excluding carboxylic acids is 1. The number of hydrogen-bond donors (Lipinski definition) is 1. The van der Waals surface area contributed by atoms with E-state index in [0.717, 1.165) is 38.0 Å². The van der Waals surface area contributed by atoms with Crippen molar-refractivity contribution in [1.29, 1.82) is 0 Å². The van der Waals surface area contributed by atoms with E-state index in [1.165, 1.54) is 12.8 Å². The van der Waals surface area contributed by atoms with Crippen LogP contribution in [0.15, 0.2) is 6.33 Å². The van der Waals surface area contributed by atoms with E-state index in [1.807, 2.05) is 6.33 Å². The maximum atomic E-state index is 11.7. The number of aromatic nitrogens is 2. The number of amides is 1. The lowest BCUT2D eigenvalue weighted by Gasteiger charge is -2.30. The minimum Gasteiger partial charge on any atom is -0.453 e. The highest BCUT2D eigenvalue weighted by Crippen LogP contribution is 2.26. The van der Waals surface area contributed by atoms with Gasteiger partial charge in [-0.15, -0.1) is 0 Å². The van der Waals surface area contributed by atoms with Gasteiger partial charge < -0.3 is 19.5 Å². The standard InChI is InChI=1S/C13H20N4O2/c1-19-13(18)16-7-4-11-12(8-16)17(9-15-11)10-2-5-14-6-3-10/h9-10,14H,2-8H2,1H3. The molecule has 3 heterocycles. The summed E-state index contributed by atoms with van der Waals surface area (Å²) < 4.78 is 7.08. The molecule has 2 aliphatic rings. The predicted molar refractivity (Wildman–Crippen MR) is 69.9 cm³/mol. The van der Waals surface area contributed by atoms with Crippen LogP contribution >= 0.6 is 0 Å². The first-order valence-electron chi connectivity index (χ1n) is 6.88. The molecule has 0 bridgehead atoms. The molecule has 1 saturated heterocycles. The van der Waals surface area contributed by atoms with Crippen molar-refractivity contribution in [3.05, 3.63) is 17.7 Å². The van der Waals surface area contributed by atoms with E-state index in [1.54, 1.807) is 4.90 Å². The van der Waals surface area contributed by atoms with Crippen molar-refractivity contribution >= 4 is 6.09 Å². The molecule has 6 nitrogen and oxygen atoms in total. The summed E-state index contributed by atoms with van der Waals surface area (Å²) in [5, 5.41) is 3.37. The fraction of sp³-hybridized carbons (Fsp3) is 0.692. The molecule has 1 N–H and O–H groups in total. The zero-order chi connectivity index (χ0) is 13.2. The van der Waals surface area contributed by atoms with Gasteiger partial charge in [-0.2, -0.15) is 0 Å². The number of methoxy groups -OCH3 is 1. The molecule has 0 unspecified atom stereocenters. The van der Waals surface area contributed by atoms with Crippen LogP contribution in [0.2, 0.25) is 0 Å². The third-order valence-corrected chi connectivity index (χ3v) is 4.08. The molecule has 0 radical (unpaired) electrons. The summed E-state index contributed by atoms with van der Waals surface area (Å²) >= 11 is 0. The van der Waals surface area contributed by atoms with E-state index < -0.39 is 0 Å². The summed E-state index contributed by atoms with van der Waals surface area (Å²) in [4.78, 5) is 17.9. The second-order valence-corrected chi connectivity index (χ2v) is 5.17. The minimum atomic E-state index is -0.247. The largest absolute Gasteiger partial charge is 0.453 e. The summed E-state index contributed by atoms with van der Waals surface area (Å²) in [6, 6.07) is 0.509. The van der Waals surface area contributed by atoms with Crippen molar-refractivity contribution in [2.45, 2.75) is 31.8 Å². The molecule has 6 heteroatoms. The molecular formula is C13H20N4O2. The first kappa shape index (κ1) is 12.5. The smallest absolute Gasteiger partial charge is 0.409 e. The van der Waals surface area contributed by atoms with Crippen LogP contribution < -0.4 is 5.32 Å². The van der Waals surface area contributed by atoms with E-state index in [-0.39, 0.29) is 6.09 Å². The summed E-state index contributed by atoms with van der Waals surface area (Å²) in [6.07, 6.45) is 4.77. The third kappa shape index (κ3) is 2.32. The third-order valence-electron chi connectivity index (χ3n) is 4.08. The van der Waals surface area contributed by atoms with Crippen molar-refractivity contribution in [3.8, 4) is 0 Å². The lowest BCUT2D eigenvalue weighted by Crippen LogP contribution is -2.37. The average molecular weight is 264 g/mol. The van der Waals surface area contributed by atoms with Gasteiger partial charge in [-0.25, -0.2) is 9.78 Å². The summed E-state index contributed by atoms with van der Waals surface area (Å²) in [5.41, 5.74) is 2.32. The van der Waals surface area contributed by atoms with Crippen molar-refractivity contribution in [3.63, 3.8) is 0 Å². The van der Waals surface area contributed by atoms with Crippen LogP contribution in [0, 0.1) is 0 Å². The quantitative estimate of drug-likeness (QED) is 0.820. The molecule has 1 aromatic heterocycles. The molecule has 1 aromatic rings. The van der Waals surface area contributed by atoms with E-state index in [0.29, 0.717) is 19.1 Å². The van der Waals surface area contributed by atoms with Gasteiger partial charge in [0.05, 0.1) is 31.4 Å². The molecule has 3 rings (SSSR count). The topological polar surface area (TPSA) is 59.4 Å². The lowest BCUT2D eigenvalue weighted by atomic mass is 10.1. The van der Waals surface area contributed by atoms with Crippen LogP contribution in [0.4, 0.5) is 4.79 Å². The van der Waals surface area contributed by atoms with E-state index in [2.05, 4.69) is 14.9 Å². The highest BCUT2D eigenvalue weighted by Gasteiger charge is 2.27. The van der Waals surface area contributed by atoms with Crippen LogP contribution in [-0.2, 0) is 17.7 Å². The monoisotopic (exact) mass is 264 g/mol. The second kappa shape index (κ2) is 5.21. The molecule has 0 aliphatic carbocycles. The number of rotatable bonds is 1. The van der Waals surface area contributed by atoms with E-state index in [4.69, 9.17) is 4.74 Å². The molecule has 19 heavy (non-hydrogen) atoms. The summed E-state index contributed by atoms with van der Waals surface area (Å²) in [6.45, 7) is 3.42. The Labute approximate surface area is 112 Å². The van der Waals surface area contributed by atoms with Gasteiger partial charge >= 0.3 is 6.09 Å². The number of nitrogens with zero attached hydrogens (tertiary/aromatic N) is 3. The van der Waals surface area contributed by atoms with Crippen LogP contribution in [-0.4, -0.2) is 47.3 Å². The van der Waals surface area contributed by atoms with Gasteiger partial charge in [0.1, 0.15) is 0 Å². The highest BCUT2D eigenvalue weighted by atomic mass is 16.5. The number of piperidine rings is 1. The number of carbonyl (C=O) groups is 1. The highest BCUT2D eigenvalue weighted by molar-refractivity contribution is 5.67. The van der Waals surface area contributed by atoms with Crippen molar-refractivity contribution in [2.75, 3.05) is 26.7 Å². The average Bonchev–Trinajstić information content (AvgIpc) is 2.90. The lowest BCUT2D eigenvalue weighted by molar-refractivity contribution is 0.116. The Morgan fingerprint density at radius 1 is 1.47 bits per heavy atom. The second-order valence-electron chi connectivity index (χ2n) is 5.17. The number of fused-ring (bicyclic) bond motifs is 1. The number of ether oxygens (including phenoxy) is 1. The van der Waals surface area contributed by atoms with Crippen molar-refractivity contribution < 1.29 is 9.53 Å². The molecule has 1 amide bonds. The SMILES string of the molecule is COC(=O)N1CCc2ncn(C3CCNCC3)c2C1. The zero-order valence-electron chi connectivity index (χ0n) is 11.3. The molecule has 2 aliphatic heterocycles. The summed E-state index contributed by atoms with van der Waals surface area (Å²) in [7, 11) is 1.43. The maximum absolute atomic E-state index is 11.7. The number of hydrogen-bond acceptors (Lipinski definition) is 4.